The Hall–Kier alpha value is -2.44. The lowest BCUT2D eigenvalue weighted by Gasteiger charge is -2.30. The summed E-state index contributed by atoms with van der Waals surface area (Å²) in [5.74, 6) is 1.62. The van der Waals surface area contributed by atoms with E-state index in [1.807, 2.05) is 11.8 Å². The zero-order valence-electron chi connectivity index (χ0n) is 14.1. The second-order valence-electron chi connectivity index (χ2n) is 6.89. The van der Waals surface area contributed by atoms with Crippen molar-refractivity contribution in [3.05, 3.63) is 47.4 Å². The minimum Gasteiger partial charge on any atom is -0.339 e. The number of benzene rings is 1. The van der Waals surface area contributed by atoms with Crippen molar-refractivity contribution in [3.63, 3.8) is 0 Å². The van der Waals surface area contributed by atoms with Gasteiger partial charge in [0, 0.05) is 31.0 Å². The first-order valence-corrected chi connectivity index (χ1v) is 8.71. The summed E-state index contributed by atoms with van der Waals surface area (Å²) in [6, 6.07) is 6.66. The highest BCUT2D eigenvalue weighted by Crippen LogP contribution is 2.41. The lowest BCUT2D eigenvalue weighted by atomic mass is 9.97. The highest BCUT2D eigenvalue weighted by molar-refractivity contribution is 5.75. The number of rotatable bonds is 3. The van der Waals surface area contributed by atoms with Gasteiger partial charge >= 0.3 is 6.03 Å². The molecule has 6 nitrogen and oxygen atoms in total. The summed E-state index contributed by atoms with van der Waals surface area (Å²) in [6.45, 7) is 3.18. The van der Waals surface area contributed by atoms with Crippen LogP contribution in [0.5, 0.6) is 0 Å². The minimum absolute atomic E-state index is 0.0187. The van der Waals surface area contributed by atoms with Gasteiger partial charge in [-0.25, -0.2) is 9.18 Å². The number of hydrogen-bond acceptors (Lipinski definition) is 4. The Bertz CT molecular complexity index is 753. The van der Waals surface area contributed by atoms with Gasteiger partial charge in [0.2, 0.25) is 5.89 Å². The number of carbonyl (C=O) groups excluding carboxylic acids is 1. The van der Waals surface area contributed by atoms with Crippen molar-refractivity contribution in [2.75, 3.05) is 13.1 Å². The molecule has 2 heterocycles. The predicted octanol–water partition coefficient (Wildman–Crippen LogP) is 2.96. The second kappa shape index (κ2) is 6.46. The van der Waals surface area contributed by atoms with E-state index in [-0.39, 0.29) is 23.8 Å². The molecule has 2 atom stereocenters. The number of aromatic nitrogens is 2. The SMILES string of the molecule is Cc1noc(C2CCN(C(=O)N[C@H]3C[C@@H]3c3ccc(F)cc3)CC2)n1. The summed E-state index contributed by atoms with van der Waals surface area (Å²) in [6.07, 6.45) is 2.58. The molecule has 1 aromatic heterocycles. The molecule has 2 fully saturated rings. The third-order valence-corrected chi connectivity index (χ3v) is 5.07. The van der Waals surface area contributed by atoms with Crippen LogP contribution >= 0.6 is 0 Å². The maximum Gasteiger partial charge on any atom is 0.317 e. The molecule has 25 heavy (non-hydrogen) atoms. The number of urea groups is 1. The number of likely N-dealkylation sites (tertiary alicyclic amines) is 1. The number of piperidine rings is 1. The molecule has 2 amide bonds. The standard InChI is InChI=1S/C18H21FN4O2/c1-11-20-17(25-22-11)13-6-8-23(9-7-13)18(24)21-16-10-15(16)12-2-4-14(19)5-3-12/h2-5,13,15-16H,6-10H2,1H3,(H,21,24)/t15-,16+/m1/s1. The van der Waals surface area contributed by atoms with E-state index in [1.165, 1.54) is 12.1 Å². The van der Waals surface area contributed by atoms with Crippen LogP contribution in [0.4, 0.5) is 9.18 Å². The van der Waals surface area contributed by atoms with E-state index < -0.39 is 0 Å². The Morgan fingerprint density at radius 1 is 1.28 bits per heavy atom. The van der Waals surface area contributed by atoms with Gasteiger partial charge in [-0.05, 0) is 43.9 Å². The van der Waals surface area contributed by atoms with E-state index in [1.54, 1.807) is 12.1 Å². The van der Waals surface area contributed by atoms with Crippen LogP contribution in [0.25, 0.3) is 0 Å². The smallest absolute Gasteiger partial charge is 0.317 e. The van der Waals surface area contributed by atoms with Crippen molar-refractivity contribution >= 4 is 6.03 Å². The monoisotopic (exact) mass is 344 g/mol. The van der Waals surface area contributed by atoms with Crippen LogP contribution in [0, 0.1) is 12.7 Å². The fourth-order valence-electron chi connectivity index (χ4n) is 3.49. The van der Waals surface area contributed by atoms with Crippen molar-refractivity contribution in [2.24, 2.45) is 0 Å². The van der Waals surface area contributed by atoms with Gasteiger partial charge in [-0.1, -0.05) is 17.3 Å². The lowest BCUT2D eigenvalue weighted by Crippen LogP contribution is -2.45. The number of carbonyl (C=O) groups is 1. The third kappa shape index (κ3) is 3.50. The number of nitrogens with zero attached hydrogens (tertiary/aromatic N) is 3. The van der Waals surface area contributed by atoms with Crippen molar-refractivity contribution in [1.82, 2.24) is 20.4 Å². The topological polar surface area (TPSA) is 71.3 Å². The van der Waals surface area contributed by atoms with Gasteiger partial charge in [0.25, 0.3) is 0 Å². The number of nitrogens with one attached hydrogen (secondary N) is 1. The van der Waals surface area contributed by atoms with Gasteiger partial charge in [0.15, 0.2) is 5.82 Å². The van der Waals surface area contributed by atoms with Crippen LogP contribution in [-0.2, 0) is 0 Å². The van der Waals surface area contributed by atoms with E-state index in [0.29, 0.717) is 30.7 Å². The van der Waals surface area contributed by atoms with Crippen molar-refractivity contribution in [3.8, 4) is 0 Å². The predicted molar refractivity (Wildman–Crippen MR) is 88.7 cm³/mol. The van der Waals surface area contributed by atoms with Crippen LogP contribution in [0.1, 0.15) is 48.4 Å². The maximum absolute atomic E-state index is 13.0. The Morgan fingerprint density at radius 3 is 2.64 bits per heavy atom. The molecule has 2 aliphatic rings. The molecule has 0 bridgehead atoms. The van der Waals surface area contributed by atoms with Crippen molar-refractivity contribution in [2.45, 2.75) is 44.1 Å². The van der Waals surface area contributed by atoms with Crippen LogP contribution in [0.15, 0.2) is 28.8 Å². The zero-order valence-corrected chi connectivity index (χ0v) is 14.1. The quantitative estimate of drug-likeness (QED) is 0.929. The van der Waals surface area contributed by atoms with Gasteiger partial charge in [-0.2, -0.15) is 4.98 Å². The molecule has 132 valence electrons. The highest BCUT2D eigenvalue weighted by Gasteiger charge is 2.40. The summed E-state index contributed by atoms with van der Waals surface area (Å²) in [7, 11) is 0. The Balaban J connectivity index is 1.26. The van der Waals surface area contributed by atoms with E-state index in [0.717, 1.165) is 24.8 Å². The number of amides is 2. The average molecular weight is 344 g/mol. The van der Waals surface area contributed by atoms with E-state index >= 15 is 0 Å². The molecule has 1 N–H and O–H groups in total. The Kier molecular flexibility index (Phi) is 4.15. The molecule has 1 aromatic carbocycles. The van der Waals surface area contributed by atoms with Crippen LogP contribution in [0.3, 0.4) is 0 Å². The molecule has 1 saturated carbocycles. The Labute approximate surface area is 145 Å². The van der Waals surface area contributed by atoms with Crippen LogP contribution in [0.2, 0.25) is 0 Å². The largest absolute Gasteiger partial charge is 0.339 e. The van der Waals surface area contributed by atoms with Gasteiger partial charge in [-0.3, -0.25) is 0 Å². The number of aryl methyl sites for hydroxylation is 1. The number of halogens is 1. The van der Waals surface area contributed by atoms with Gasteiger partial charge < -0.3 is 14.7 Å². The average Bonchev–Trinajstić information content (AvgIpc) is 3.24. The molecule has 1 saturated heterocycles. The van der Waals surface area contributed by atoms with E-state index in [9.17, 15) is 9.18 Å². The summed E-state index contributed by atoms with van der Waals surface area (Å²) in [5.41, 5.74) is 1.08. The van der Waals surface area contributed by atoms with Crippen LogP contribution in [-0.4, -0.2) is 40.2 Å². The molecule has 2 aromatic rings. The second-order valence-corrected chi connectivity index (χ2v) is 6.89. The molecule has 0 unspecified atom stereocenters. The molecule has 1 aliphatic heterocycles. The highest BCUT2D eigenvalue weighted by atomic mass is 19.1. The summed E-state index contributed by atoms with van der Waals surface area (Å²) < 4.78 is 18.2. The van der Waals surface area contributed by atoms with Gasteiger partial charge in [0.1, 0.15) is 5.82 Å². The first-order chi connectivity index (χ1) is 12.1. The molecule has 0 radical (unpaired) electrons. The Morgan fingerprint density at radius 2 is 2.00 bits per heavy atom. The summed E-state index contributed by atoms with van der Waals surface area (Å²) >= 11 is 0. The molecular formula is C18H21FN4O2. The fraction of sp³-hybridized carbons (Fsp3) is 0.500. The fourth-order valence-corrected chi connectivity index (χ4v) is 3.49. The first kappa shape index (κ1) is 16.1. The lowest BCUT2D eigenvalue weighted by molar-refractivity contribution is 0.174. The first-order valence-electron chi connectivity index (χ1n) is 8.71. The molecule has 1 aliphatic carbocycles. The van der Waals surface area contributed by atoms with Gasteiger partial charge in [0.05, 0.1) is 0 Å². The maximum atomic E-state index is 13.0. The normalized spacial score (nSPS) is 23.5. The molecule has 4 rings (SSSR count). The molecule has 7 heteroatoms. The van der Waals surface area contributed by atoms with E-state index in [4.69, 9.17) is 4.52 Å². The molecular weight excluding hydrogens is 323 g/mol. The summed E-state index contributed by atoms with van der Waals surface area (Å²) in [5, 5.41) is 6.92. The number of hydrogen-bond donors (Lipinski definition) is 1. The van der Waals surface area contributed by atoms with E-state index in [2.05, 4.69) is 15.5 Å². The molecule has 0 spiro atoms. The van der Waals surface area contributed by atoms with Crippen LogP contribution < -0.4 is 5.32 Å². The third-order valence-electron chi connectivity index (χ3n) is 5.07. The zero-order chi connectivity index (χ0) is 17.4. The van der Waals surface area contributed by atoms with Crippen molar-refractivity contribution in [1.29, 1.82) is 0 Å². The van der Waals surface area contributed by atoms with Gasteiger partial charge in [-0.15, -0.1) is 0 Å². The summed E-state index contributed by atoms with van der Waals surface area (Å²) in [4.78, 5) is 18.6. The minimum atomic E-state index is -0.232. The van der Waals surface area contributed by atoms with Crippen molar-refractivity contribution < 1.29 is 13.7 Å².